The highest BCUT2D eigenvalue weighted by Crippen LogP contribution is 2.13. The molecule has 1 atom stereocenters. The van der Waals surface area contributed by atoms with Gasteiger partial charge >= 0.3 is 6.03 Å². The highest BCUT2D eigenvalue weighted by Gasteiger charge is 2.29. The van der Waals surface area contributed by atoms with Crippen molar-refractivity contribution in [2.75, 3.05) is 32.7 Å². The second-order valence-corrected chi connectivity index (χ2v) is 6.59. The summed E-state index contributed by atoms with van der Waals surface area (Å²) in [5, 5.41) is 16.9. The molecule has 7 heteroatoms. The Bertz CT molecular complexity index is 469. The first kappa shape index (κ1) is 16.8. The summed E-state index contributed by atoms with van der Waals surface area (Å²) in [7, 11) is 0. The van der Waals surface area contributed by atoms with Crippen molar-refractivity contribution in [1.29, 1.82) is 0 Å². The molecular formula is C15H27N5O2. The van der Waals surface area contributed by atoms with E-state index in [1.165, 1.54) is 0 Å². The number of amides is 2. The maximum absolute atomic E-state index is 12.2. The van der Waals surface area contributed by atoms with Crippen molar-refractivity contribution in [3.8, 4) is 0 Å². The Labute approximate surface area is 131 Å². The van der Waals surface area contributed by atoms with Gasteiger partial charge in [-0.25, -0.2) is 4.79 Å². The summed E-state index contributed by atoms with van der Waals surface area (Å²) in [5.41, 5.74) is -0.700. The summed E-state index contributed by atoms with van der Waals surface area (Å²) >= 11 is 0. The second-order valence-electron chi connectivity index (χ2n) is 6.59. The third kappa shape index (κ3) is 4.99. The molecule has 7 nitrogen and oxygen atoms in total. The molecular weight excluding hydrogens is 282 g/mol. The first-order valence-corrected chi connectivity index (χ1v) is 7.82. The molecule has 2 amide bonds. The number of hydrogen-bond acceptors (Lipinski definition) is 4. The summed E-state index contributed by atoms with van der Waals surface area (Å²) in [6.07, 6.45) is 3.61. The number of carbonyl (C=O) groups is 1. The van der Waals surface area contributed by atoms with Crippen molar-refractivity contribution >= 4 is 6.03 Å². The molecule has 0 spiro atoms. The van der Waals surface area contributed by atoms with Gasteiger partial charge in [0, 0.05) is 51.2 Å². The van der Waals surface area contributed by atoms with Crippen LogP contribution in [0.3, 0.4) is 0 Å². The van der Waals surface area contributed by atoms with E-state index in [0.717, 1.165) is 13.1 Å². The van der Waals surface area contributed by atoms with E-state index < -0.39 is 5.60 Å². The third-order valence-electron chi connectivity index (χ3n) is 3.76. The molecule has 0 saturated carbocycles. The fourth-order valence-electron chi connectivity index (χ4n) is 2.84. The molecule has 0 bridgehead atoms. The number of aromatic nitrogens is 2. The van der Waals surface area contributed by atoms with Gasteiger partial charge in [0.15, 0.2) is 0 Å². The molecule has 124 valence electrons. The quantitative estimate of drug-likeness (QED) is 0.824. The van der Waals surface area contributed by atoms with Gasteiger partial charge in [-0.2, -0.15) is 5.10 Å². The van der Waals surface area contributed by atoms with Crippen molar-refractivity contribution in [1.82, 2.24) is 24.9 Å². The Morgan fingerprint density at radius 3 is 2.82 bits per heavy atom. The summed E-state index contributed by atoms with van der Waals surface area (Å²) in [5.74, 6) is 0. The molecule has 0 radical (unpaired) electrons. The van der Waals surface area contributed by atoms with Crippen LogP contribution in [0.25, 0.3) is 0 Å². The molecule has 1 aromatic heterocycles. The van der Waals surface area contributed by atoms with Gasteiger partial charge in [0.05, 0.1) is 12.1 Å². The number of hydrogen-bond donors (Lipinski definition) is 2. The Hall–Kier alpha value is -1.60. The molecule has 2 N–H and O–H groups in total. The fraction of sp³-hybridized carbons (Fsp3) is 0.733. The zero-order chi connectivity index (χ0) is 16.2. The molecule has 1 aliphatic rings. The normalized spacial score (nSPS) is 20.2. The highest BCUT2D eigenvalue weighted by atomic mass is 16.3. The topological polar surface area (TPSA) is 73.6 Å². The number of nitrogens with zero attached hydrogens (tertiary/aromatic N) is 4. The van der Waals surface area contributed by atoms with Crippen LogP contribution in [-0.4, -0.2) is 75.1 Å². The van der Waals surface area contributed by atoms with Crippen LogP contribution in [-0.2, 0) is 6.54 Å². The number of nitrogens with one attached hydrogen (secondary N) is 1. The van der Waals surface area contributed by atoms with Crippen LogP contribution in [0.15, 0.2) is 18.5 Å². The van der Waals surface area contributed by atoms with E-state index in [1.807, 2.05) is 37.9 Å². The largest absolute Gasteiger partial charge is 0.389 e. The minimum absolute atomic E-state index is 0.0254. The van der Waals surface area contributed by atoms with E-state index in [9.17, 15) is 9.90 Å². The molecule has 0 aliphatic carbocycles. The molecule has 22 heavy (non-hydrogen) atoms. The summed E-state index contributed by atoms with van der Waals surface area (Å²) < 4.78 is 1.80. The van der Waals surface area contributed by atoms with E-state index >= 15 is 0 Å². The maximum Gasteiger partial charge on any atom is 0.317 e. The van der Waals surface area contributed by atoms with Gasteiger partial charge in [-0.3, -0.25) is 9.58 Å². The number of rotatable bonds is 5. The molecule has 2 rings (SSSR count). The van der Waals surface area contributed by atoms with E-state index in [0.29, 0.717) is 26.2 Å². The van der Waals surface area contributed by atoms with Gasteiger partial charge in [0.2, 0.25) is 0 Å². The van der Waals surface area contributed by atoms with Crippen molar-refractivity contribution in [2.45, 2.75) is 39.0 Å². The zero-order valence-electron chi connectivity index (χ0n) is 13.7. The van der Waals surface area contributed by atoms with E-state index in [4.69, 9.17) is 0 Å². The van der Waals surface area contributed by atoms with E-state index in [1.54, 1.807) is 10.9 Å². The van der Waals surface area contributed by atoms with Crippen molar-refractivity contribution in [3.63, 3.8) is 0 Å². The van der Waals surface area contributed by atoms with Gasteiger partial charge in [0.25, 0.3) is 0 Å². The summed E-state index contributed by atoms with van der Waals surface area (Å²) in [6, 6.07) is 1.98. The van der Waals surface area contributed by atoms with Crippen LogP contribution in [0, 0.1) is 0 Å². The first-order valence-electron chi connectivity index (χ1n) is 7.82. The Morgan fingerprint density at radius 1 is 1.45 bits per heavy atom. The van der Waals surface area contributed by atoms with Gasteiger partial charge in [0.1, 0.15) is 0 Å². The second kappa shape index (κ2) is 7.11. The average Bonchev–Trinajstić information content (AvgIpc) is 2.89. The minimum Gasteiger partial charge on any atom is -0.389 e. The first-order chi connectivity index (χ1) is 10.3. The molecule has 1 aliphatic heterocycles. The van der Waals surface area contributed by atoms with Crippen LogP contribution >= 0.6 is 0 Å². The lowest BCUT2D eigenvalue weighted by molar-refractivity contribution is 0.0119. The Kier molecular flexibility index (Phi) is 5.42. The molecule has 1 unspecified atom stereocenters. The summed E-state index contributed by atoms with van der Waals surface area (Å²) in [4.78, 5) is 16.3. The van der Waals surface area contributed by atoms with Gasteiger partial charge in [-0.15, -0.1) is 0 Å². The Balaban J connectivity index is 1.74. The van der Waals surface area contributed by atoms with E-state index in [-0.39, 0.29) is 12.1 Å². The monoisotopic (exact) mass is 309 g/mol. The average molecular weight is 309 g/mol. The van der Waals surface area contributed by atoms with Crippen LogP contribution in [0.5, 0.6) is 0 Å². The predicted octanol–water partition coefficient (Wildman–Crippen LogP) is 0.370. The number of piperazine rings is 1. The third-order valence-corrected chi connectivity index (χ3v) is 3.76. The standard InChI is InChI=1S/C15H27N5O2/c1-13-11-18(12-15(2,3)22)9-10-20(13)14(21)16-6-8-19-7-4-5-17-19/h4-5,7,13,22H,6,8-12H2,1-3H3,(H,16,21). The molecule has 1 saturated heterocycles. The van der Waals surface area contributed by atoms with Crippen LogP contribution < -0.4 is 5.32 Å². The van der Waals surface area contributed by atoms with E-state index in [2.05, 4.69) is 15.3 Å². The van der Waals surface area contributed by atoms with Gasteiger partial charge < -0.3 is 15.3 Å². The van der Waals surface area contributed by atoms with Crippen LogP contribution in [0.4, 0.5) is 4.79 Å². The predicted molar refractivity (Wildman–Crippen MR) is 84.5 cm³/mol. The van der Waals surface area contributed by atoms with Crippen LogP contribution in [0.2, 0.25) is 0 Å². The maximum atomic E-state index is 12.2. The molecule has 0 aromatic carbocycles. The SMILES string of the molecule is CC1CN(CC(C)(C)O)CCN1C(=O)NCCn1cccn1. The zero-order valence-corrected chi connectivity index (χ0v) is 13.7. The number of carbonyl (C=O) groups excluding carboxylic acids is 1. The Morgan fingerprint density at radius 2 is 2.23 bits per heavy atom. The molecule has 1 aromatic rings. The van der Waals surface area contributed by atoms with Crippen molar-refractivity contribution in [2.24, 2.45) is 0 Å². The smallest absolute Gasteiger partial charge is 0.317 e. The van der Waals surface area contributed by atoms with Gasteiger partial charge in [-0.1, -0.05) is 0 Å². The lowest BCUT2D eigenvalue weighted by Gasteiger charge is -2.41. The number of β-amino-alcohol motifs (C(OH)–C–C–N with tert-alkyl or cyclic N) is 1. The number of aliphatic hydroxyl groups is 1. The number of urea groups is 1. The lowest BCUT2D eigenvalue weighted by Crippen LogP contribution is -2.58. The van der Waals surface area contributed by atoms with Crippen molar-refractivity contribution in [3.05, 3.63) is 18.5 Å². The highest BCUT2D eigenvalue weighted by molar-refractivity contribution is 5.74. The van der Waals surface area contributed by atoms with Crippen molar-refractivity contribution < 1.29 is 9.90 Å². The lowest BCUT2D eigenvalue weighted by atomic mass is 10.1. The minimum atomic E-state index is -0.700. The van der Waals surface area contributed by atoms with Crippen LogP contribution in [0.1, 0.15) is 20.8 Å². The molecule has 2 heterocycles. The summed E-state index contributed by atoms with van der Waals surface area (Å²) in [6.45, 7) is 9.80. The molecule has 1 fully saturated rings. The fourth-order valence-corrected chi connectivity index (χ4v) is 2.84. The van der Waals surface area contributed by atoms with Gasteiger partial charge in [-0.05, 0) is 26.8 Å².